The lowest BCUT2D eigenvalue weighted by Gasteiger charge is -2.07. The van der Waals surface area contributed by atoms with Crippen LogP contribution in [0.1, 0.15) is 16.1 Å². The lowest BCUT2D eigenvalue weighted by atomic mass is 10.0. The Labute approximate surface area is 125 Å². The molecule has 3 aromatic rings. The molecule has 3 rings (SSSR count). The summed E-state index contributed by atoms with van der Waals surface area (Å²) in [6.45, 7) is 2.00. The third-order valence-corrected chi connectivity index (χ3v) is 3.92. The maximum atomic E-state index is 11.0. The van der Waals surface area contributed by atoms with Gasteiger partial charge in [0.05, 0.1) is 18.1 Å². The number of carbonyl (C=O) groups excluding carboxylic acids is 1. The molecule has 2 heterocycles. The second kappa shape index (κ2) is 5.41. The average molecular weight is 296 g/mol. The summed E-state index contributed by atoms with van der Waals surface area (Å²) in [5.41, 5.74) is 9.11. The minimum atomic E-state index is -0.581. The van der Waals surface area contributed by atoms with E-state index in [9.17, 15) is 4.79 Å². The highest BCUT2D eigenvalue weighted by molar-refractivity contribution is 7.13. The lowest BCUT2D eigenvalue weighted by molar-refractivity contribution is 0.0995. The zero-order valence-electron chi connectivity index (χ0n) is 11.3. The van der Waals surface area contributed by atoms with Crippen molar-refractivity contribution in [2.24, 2.45) is 5.73 Å². The van der Waals surface area contributed by atoms with E-state index in [2.05, 4.69) is 15.0 Å². The molecule has 0 spiro atoms. The largest absolute Gasteiger partial charge is 0.364 e. The number of primary amides is 1. The van der Waals surface area contributed by atoms with Crippen molar-refractivity contribution in [1.82, 2.24) is 15.0 Å². The van der Waals surface area contributed by atoms with Crippen molar-refractivity contribution in [1.29, 1.82) is 0 Å². The smallest absolute Gasteiger partial charge is 0.268 e. The first-order valence-electron chi connectivity index (χ1n) is 6.28. The number of aryl methyl sites for hydroxylation is 1. The first kappa shape index (κ1) is 13.4. The topological polar surface area (TPSA) is 81.8 Å². The summed E-state index contributed by atoms with van der Waals surface area (Å²) in [6.07, 6.45) is 4.74. The first-order valence-corrected chi connectivity index (χ1v) is 7.16. The normalized spacial score (nSPS) is 10.5. The van der Waals surface area contributed by atoms with Gasteiger partial charge in [0.2, 0.25) is 0 Å². The highest BCUT2D eigenvalue weighted by atomic mass is 32.1. The minimum absolute atomic E-state index is 0.160. The van der Waals surface area contributed by atoms with Crippen LogP contribution >= 0.6 is 11.3 Å². The van der Waals surface area contributed by atoms with Crippen molar-refractivity contribution in [3.63, 3.8) is 0 Å². The third-order valence-electron chi connectivity index (χ3n) is 3.10. The predicted molar refractivity (Wildman–Crippen MR) is 81.8 cm³/mol. The van der Waals surface area contributed by atoms with Gasteiger partial charge in [0, 0.05) is 22.7 Å². The Hall–Kier alpha value is -2.60. The van der Waals surface area contributed by atoms with Crippen molar-refractivity contribution in [3.8, 4) is 21.8 Å². The van der Waals surface area contributed by atoms with Crippen LogP contribution in [0.25, 0.3) is 21.8 Å². The number of carbonyl (C=O) groups is 1. The standard InChI is InChI=1S/C15H12N4OS/c1-9-2-3-10(15-17-4-5-21-15)6-11(9)12-7-19-13(8-18-12)14(16)20/h2-8H,1H3,(H2,16,20). The molecule has 0 radical (unpaired) electrons. The molecular formula is C15H12N4OS. The van der Waals surface area contributed by atoms with Crippen LogP contribution in [0.5, 0.6) is 0 Å². The molecular weight excluding hydrogens is 284 g/mol. The number of hydrogen-bond donors (Lipinski definition) is 1. The number of nitrogens with zero attached hydrogens (tertiary/aromatic N) is 3. The van der Waals surface area contributed by atoms with E-state index < -0.39 is 5.91 Å². The van der Waals surface area contributed by atoms with Crippen LogP contribution in [0.2, 0.25) is 0 Å². The number of rotatable bonds is 3. The van der Waals surface area contributed by atoms with Crippen molar-refractivity contribution in [3.05, 3.63) is 53.4 Å². The first-order chi connectivity index (χ1) is 10.1. The van der Waals surface area contributed by atoms with Crippen molar-refractivity contribution >= 4 is 17.2 Å². The van der Waals surface area contributed by atoms with Crippen molar-refractivity contribution in [2.45, 2.75) is 6.92 Å². The highest BCUT2D eigenvalue weighted by Gasteiger charge is 2.09. The number of aromatic nitrogens is 3. The average Bonchev–Trinajstić information content (AvgIpc) is 3.02. The van der Waals surface area contributed by atoms with Crippen LogP contribution < -0.4 is 5.73 Å². The molecule has 1 aromatic carbocycles. The summed E-state index contributed by atoms with van der Waals surface area (Å²) in [5.74, 6) is -0.581. The molecule has 0 atom stereocenters. The van der Waals surface area contributed by atoms with Crippen molar-refractivity contribution in [2.75, 3.05) is 0 Å². The molecule has 0 saturated heterocycles. The molecule has 2 aromatic heterocycles. The van der Waals surface area contributed by atoms with E-state index in [4.69, 9.17) is 5.73 Å². The lowest BCUT2D eigenvalue weighted by Crippen LogP contribution is -2.13. The van der Waals surface area contributed by atoms with Gasteiger partial charge in [-0.05, 0) is 18.6 Å². The fraction of sp³-hybridized carbons (Fsp3) is 0.0667. The molecule has 0 unspecified atom stereocenters. The van der Waals surface area contributed by atoms with Crippen LogP contribution in [0.15, 0.2) is 42.2 Å². The second-order valence-electron chi connectivity index (χ2n) is 4.52. The van der Waals surface area contributed by atoms with Crippen LogP contribution in [0.3, 0.4) is 0 Å². The molecule has 0 saturated carbocycles. The van der Waals surface area contributed by atoms with Gasteiger partial charge in [-0.3, -0.25) is 9.78 Å². The summed E-state index contributed by atoms with van der Waals surface area (Å²) in [6, 6.07) is 6.08. The van der Waals surface area contributed by atoms with Gasteiger partial charge < -0.3 is 5.73 Å². The maximum absolute atomic E-state index is 11.0. The quantitative estimate of drug-likeness (QED) is 0.805. The molecule has 0 aliphatic rings. The number of nitrogens with two attached hydrogens (primary N) is 1. The van der Waals surface area contributed by atoms with Gasteiger partial charge in [0.15, 0.2) is 0 Å². The fourth-order valence-corrected chi connectivity index (χ4v) is 2.63. The van der Waals surface area contributed by atoms with Crippen LogP contribution in [0, 0.1) is 6.92 Å². The molecule has 5 nitrogen and oxygen atoms in total. The van der Waals surface area contributed by atoms with Gasteiger partial charge in [0.1, 0.15) is 10.7 Å². The van der Waals surface area contributed by atoms with Crippen LogP contribution in [-0.4, -0.2) is 20.9 Å². The molecule has 1 amide bonds. The van der Waals surface area contributed by atoms with Gasteiger partial charge in [-0.2, -0.15) is 0 Å². The minimum Gasteiger partial charge on any atom is -0.364 e. The highest BCUT2D eigenvalue weighted by Crippen LogP contribution is 2.28. The van der Waals surface area contributed by atoms with E-state index in [-0.39, 0.29) is 5.69 Å². The van der Waals surface area contributed by atoms with E-state index in [0.29, 0.717) is 5.69 Å². The molecule has 2 N–H and O–H groups in total. The zero-order chi connectivity index (χ0) is 14.8. The molecule has 0 bridgehead atoms. The number of benzene rings is 1. The second-order valence-corrected chi connectivity index (χ2v) is 5.41. The van der Waals surface area contributed by atoms with Crippen molar-refractivity contribution < 1.29 is 4.79 Å². The number of amides is 1. The van der Waals surface area contributed by atoms with Gasteiger partial charge in [0.25, 0.3) is 5.91 Å². The van der Waals surface area contributed by atoms with E-state index in [1.165, 1.54) is 6.20 Å². The molecule has 6 heteroatoms. The Morgan fingerprint density at radius 2 is 2.05 bits per heavy atom. The van der Waals surface area contributed by atoms with Crippen LogP contribution in [0.4, 0.5) is 0 Å². The fourth-order valence-electron chi connectivity index (χ4n) is 1.99. The van der Waals surface area contributed by atoms with Gasteiger partial charge >= 0.3 is 0 Å². The summed E-state index contributed by atoms with van der Waals surface area (Å²) in [5, 5.41) is 2.90. The summed E-state index contributed by atoms with van der Waals surface area (Å²) in [7, 11) is 0. The molecule has 104 valence electrons. The van der Waals surface area contributed by atoms with E-state index >= 15 is 0 Å². The third kappa shape index (κ3) is 2.66. The summed E-state index contributed by atoms with van der Waals surface area (Å²) >= 11 is 1.58. The Bertz CT molecular complexity index is 782. The van der Waals surface area contributed by atoms with Crippen LogP contribution in [-0.2, 0) is 0 Å². The monoisotopic (exact) mass is 296 g/mol. The predicted octanol–water partition coefficient (Wildman–Crippen LogP) is 2.67. The Balaban J connectivity index is 2.05. The van der Waals surface area contributed by atoms with Gasteiger partial charge in [-0.1, -0.05) is 12.1 Å². The number of thiazole rings is 1. The summed E-state index contributed by atoms with van der Waals surface area (Å²) in [4.78, 5) is 23.7. The number of hydrogen-bond acceptors (Lipinski definition) is 5. The molecule has 0 fully saturated rings. The van der Waals surface area contributed by atoms with E-state index in [1.807, 2.05) is 30.5 Å². The van der Waals surface area contributed by atoms with E-state index in [1.54, 1.807) is 23.7 Å². The van der Waals surface area contributed by atoms with E-state index in [0.717, 1.165) is 21.7 Å². The molecule has 0 aliphatic carbocycles. The summed E-state index contributed by atoms with van der Waals surface area (Å²) < 4.78 is 0. The van der Waals surface area contributed by atoms with Gasteiger partial charge in [-0.15, -0.1) is 11.3 Å². The molecule has 21 heavy (non-hydrogen) atoms. The molecule has 0 aliphatic heterocycles. The maximum Gasteiger partial charge on any atom is 0.268 e. The van der Waals surface area contributed by atoms with Gasteiger partial charge in [-0.25, -0.2) is 9.97 Å². The Kier molecular flexibility index (Phi) is 3.45. The Morgan fingerprint density at radius 1 is 1.19 bits per heavy atom. The Morgan fingerprint density at radius 3 is 2.67 bits per heavy atom. The zero-order valence-corrected chi connectivity index (χ0v) is 12.1. The SMILES string of the molecule is Cc1ccc(-c2nccs2)cc1-c1cnc(C(N)=O)cn1.